The van der Waals surface area contributed by atoms with Crippen molar-refractivity contribution < 1.29 is 4.79 Å². The molecule has 17 heavy (non-hydrogen) atoms. The average molecular weight is 237 g/mol. The van der Waals surface area contributed by atoms with Crippen LogP contribution in [0.3, 0.4) is 0 Å². The summed E-state index contributed by atoms with van der Waals surface area (Å²) in [6, 6.07) is 0. The first-order valence-corrected chi connectivity index (χ1v) is 6.16. The van der Waals surface area contributed by atoms with Crippen LogP contribution < -0.4 is 5.32 Å². The molecule has 1 aromatic heterocycles. The Balaban J connectivity index is 2.60. The zero-order valence-electron chi connectivity index (χ0n) is 11.5. The van der Waals surface area contributed by atoms with E-state index in [1.54, 1.807) is 0 Å². The second-order valence-corrected chi connectivity index (χ2v) is 5.44. The van der Waals surface area contributed by atoms with Crippen molar-refractivity contribution in [2.75, 3.05) is 0 Å². The third kappa shape index (κ3) is 3.88. The molecule has 4 nitrogen and oxygen atoms in total. The molecule has 0 atom stereocenters. The third-order valence-corrected chi connectivity index (χ3v) is 2.62. The fourth-order valence-corrected chi connectivity index (χ4v) is 1.52. The smallest absolute Gasteiger partial charge is 0.225 e. The lowest BCUT2D eigenvalue weighted by molar-refractivity contribution is -0.128. The van der Waals surface area contributed by atoms with Crippen LogP contribution in [-0.2, 0) is 17.9 Å². The van der Waals surface area contributed by atoms with Crippen LogP contribution in [0.25, 0.3) is 0 Å². The summed E-state index contributed by atoms with van der Waals surface area (Å²) in [5.41, 5.74) is 1.75. The van der Waals surface area contributed by atoms with Crippen molar-refractivity contribution >= 4 is 5.91 Å². The number of nitrogens with zero attached hydrogens (tertiary/aromatic N) is 2. The van der Waals surface area contributed by atoms with Crippen LogP contribution in [0.4, 0.5) is 0 Å². The highest BCUT2D eigenvalue weighted by Gasteiger charge is 2.20. The first-order valence-electron chi connectivity index (χ1n) is 6.16. The molecular formula is C13H23N3O. The molecule has 0 fully saturated rings. The summed E-state index contributed by atoms with van der Waals surface area (Å²) in [7, 11) is 0. The van der Waals surface area contributed by atoms with E-state index in [9.17, 15) is 4.79 Å². The van der Waals surface area contributed by atoms with Gasteiger partial charge in [-0.25, -0.2) is 0 Å². The predicted molar refractivity (Wildman–Crippen MR) is 68.6 cm³/mol. The van der Waals surface area contributed by atoms with Crippen molar-refractivity contribution in [1.82, 2.24) is 15.1 Å². The zero-order valence-corrected chi connectivity index (χ0v) is 11.5. The van der Waals surface area contributed by atoms with Crippen LogP contribution in [-0.4, -0.2) is 15.7 Å². The Kier molecular flexibility index (Phi) is 4.32. The number of nitrogens with one attached hydrogen (secondary N) is 1. The molecule has 0 saturated carbocycles. The molecule has 0 radical (unpaired) electrons. The molecule has 4 heteroatoms. The van der Waals surface area contributed by atoms with E-state index >= 15 is 0 Å². The van der Waals surface area contributed by atoms with Gasteiger partial charge in [-0.3, -0.25) is 9.48 Å². The van der Waals surface area contributed by atoms with Crippen molar-refractivity contribution in [2.45, 2.75) is 54.1 Å². The van der Waals surface area contributed by atoms with Gasteiger partial charge in [0.2, 0.25) is 5.91 Å². The maximum Gasteiger partial charge on any atom is 0.225 e. The average Bonchev–Trinajstić information content (AvgIpc) is 2.54. The minimum Gasteiger partial charge on any atom is -0.351 e. The summed E-state index contributed by atoms with van der Waals surface area (Å²) >= 11 is 0. The lowest BCUT2D eigenvalue weighted by atomic mass is 9.95. The first-order chi connectivity index (χ1) is 7.84. The fourth-order valence-electron chi connectivity index (χ4n) is 1.52. The van der Waals surface area contributed by atoms with Gasteiger partial charge in [0.25, 0.3) is 0 Å². The number of carbonyl (C=O) groups is 1. The molecule has 0 aliphatic rings. The molecule has 1 N–H and O–H groups in total. The Morgan fingerprint density at radius 1 is 1.47 bits per heavy atom. The van der Waals surface area contributed by atoms with E-state index in [0.717, 1.165) is 24.2 Å². The topological polar surface area (TPSA) is 46.9 Å². The van der Waals surface area contributed by atoms with Crippen LogP contribution >= 0.6 is 0 Å². The summed E-state index contributed by atoms with van der Waals surface area (Å²) in [5, 5.41) is 7.35. The molecule has 1 rings (SSSR count). The molecule has 0 unspecified atom stereocenters. The third-order valence-electron chi connectivity index (χ3n) is 2.62. The first kappa shape index (κ1) is 13.7. The fraction of sp³-hybridized carbons (Fsp3) is 0.692. The minimum absolute atomic E-state index is 0.0696. The molecule has 1 amide bonds. The van der Waals surface area contributed by atoms with Crippen LogP contribution in [0.2, 0.25) is 0 Å². The van der Waals surface area contributed by atoms with Crippen LogP contribution in [0, 0.1) is 12.3 Å². The van der Waals surface area contributed by atoms with E-state index in [1.165, 1.54) is 0 Å². The van der Waals surface area contributed by atoms with Gasteiger partial charge in [-0.05, 0) is 13.3 Å². The van der Waals surface area contributed by atoms with E-state index in [2.05, 4.69) is 17.3 Å². The highest BCUT2D eigenvalue weighted by molar-refractivity contribution is 5.81. The van der Waals surface area contributed by atoms with Gasteiger partial charge in [0.05, 0.1) is 5.69 Å². The standard InChI is InChI=1S/C13H23N3O/c1-6-7-16-9-11(10(2)15-16)8-14-12(17)13(3,4)5/h9H,6-8H2,1-5H3,(H,14,17). The van der Waals surface area contributed by atoms with Gasteiger partial charge in [0.1, 0.15) is 0 Å². The van der Waals surface area contributed by atoms with E-state index in [4.69, 9.17) is 0 Å². The van der Waals surface area contributed by atoms with Gasteiger partial charge in [0, 0.05) is 30.3 Å². The SMILES string of the molecule is CCCn1cc(CNC(=O)C(C)(C)C)c(C)n1. The summed E-state index contributed by atoms with van der Waals surface area (Å²) in [4.78, 5) is 11.7. The van der Waals surface area contributed by atoms with Crippen LogP contribution in [0.5, 0.6) is 0 Å². The molecule has 0 saturated heterocycles. The zero-order chi connectivity index (χ0) is 13.1. The summed E-state index contributed by atoms with van der Waals surface area (Å²) < 4.78 is 1.94. The number of carbonyl (C=O) groups excluding carboxylic acids is 1. The van der Waals surface area contributed by atoms with Crippen LogP contribution in [0.1, 0.15) is 45.4 Å². The normalized spacial score (nSPS) is 11.6. The second-order valence-electron chi connectivity index (χ2n) is 5.44. The Labute approximate surface area is 103 Å². The van der Waals surface area contributed by atoms with Gasteiger partial charge in [0.15, 0.2) is 0 Å². The number of rotatable bonds is 4. The Bertz CT molecular complexity index is 388. The molecule has 96 valence electrons. The van der Waals surface area contributed by atoms with Crippen molar-refractivity contribution in [3.63, 3.8) is 0 Å². The van der Waals surface area contributed by atoms with Gasteiger partial charge in [-0.15, -0.1) is 0 Å². The monoisotopic (exact) mass is 237 g/mol. The second kappa shape index (κ2) is 5.34. The summed E-state index contributed by atoms with van der Waals surface area (Å²) in [5.74, 6) is 0.0696. The van der Waals surface area contributed by atoms with Gasteiger partial charge in [-0.1, -0.05) is 27.7 Å². The Hall–Kier alpha value is -1.32. The molecule has 0 aliphatic heterocycles. The molecule has 0 bridgehead atoms. The molecule has 1 aromatic rings. The van der Waals surface area contributed by atoms with Crippen molar-refractivity contribution in [1.29, 1.82) is 0 Å². The van der Waals surface area contributed by atoms with Crippen LogP contribution in [0.15, 0.2) is 6.20 Å². The number of aryl methyl sites for hydroxylation is 2. The number of aromatic nitrogens is 2. The Morgan fingerprint density at radius 2 is 2.12 bits per heavy atom. The van der Waals surface area contributed by atoms with Gasteiger partial charge >= 0.3 is 0 Å². The van der Waals surface area contributed by atoms with Crippen molar-refractivity contribution in [3.8, 4) is 0 Å². The summed E-state index contributed by atoms with van der Waals surface area (Å²) in [6.45, 7) is 11.3. The van der Waals surface area contributed by atoms with E-state index in [1.807, 2.05) is 38.6 Å². The Morgan fingerprint density at radius 3 is 2.65 bits per heavy atom. The van der Waals surface area contributed by atoms with E-state index < -0.39 is 0 Å². The molecule has 1 heterocycles. The van der Waals surface area contributed by atoms with E-state index in [0.29, 0.717) is 6.54 Å². The number of amides is 1. The minimum atomic E-state index is -0.340. The number of hydrogen-bond acceptors (Lipinski definition) is 2. The molecule has 0 spiro atoms. The van der Waals surface area contributed by atoms with Crippen molar-refractivity contribution in [3.05, 3.63) is 17.5 Å². The van der Waals surface area contributed by atoms with Gasteiger partial charge in [-0.2, -0.15) is 5.10 Å². The predicted octanol–water partition coefficient (Wildman–Crippen LogP) is 2.26. The molecule has 0 aromatic carbocycles. The van der Waals surface area contributed by atoms with Crippen molar-refractivity contribution in [2.24, 2.45) is 5.41 Å². The van der Waals surface area contributed by atoms with Gasteiger partial charge < -0.3 is 5.32 Å². The maximum absolute atomic E-state index is 11.7. The highest BCUT2D eigenvalue weighted by atomic mass is 16.2. The quantitative estimate of drug-likeness (QED) is 0.873. The molecular weight excluding hydrogens is 214 g/mol. The maximum atomic E-state index is 11.7. The molecule has 0 aliphatic carbocycles. The lowest BCUT2D eigenvalue weighted by Crippen LogP contribution is -2.34. The summed E-state index contributed by atoms with van der Waals surface area (Å²) in [6.07, 6.45) is 3.08. The lowest BCUT2D eigenvalue weighted by Gasteiger charge is -2.17. The highest BCUT2D eigenvalue weighted by Crippen LogP contribution is 2.13. The van der Waals surface area contributed by atoms with E-state index in [-0.39, 0.29) is 11.3 Å². The largest absolute Gasteiger partial charge is 0.351 e. The number of hydrogen-bond donors (Lipinski definition) is 1.